The van der Waals surface area contributed by atoms with E-state index in [1.54, 1.807) is 0 Å². The zero-order valence-corrected chi connectivity index (χ0v) is 17.3. The molecule has 0 radical (unpaired) electrons. The second-order valence-electron chi connectivity index (χ2n) is 6.96. The molecule has 2 atom stereocenters. The molecule has 4 aromatic carbocycles. The van der Waals surface area contributed by atoms with E-state index < -0.39 is 0 Å². The monoisotopic (exact) mass is 417 g/mol. The Bertz CT molecular complexity index is 943. The van der Waals surface area contributed by atoms with E-state index in [1.807, 2.05) is 36.4 Å². The number of hydrogen-bond donors (Lipinski definition) is 1. The predicted octanol–water partition coefficient (Wildman–Crippen LogP) is 7.46. The van der Waals surface area contributed by atoms with E-state index in [-0.39, 0.29) is 12.1 Å². The van der Waals surface area contributed by atoms with Crippen LogP contribution >= 0.6 is 23.2 Å². The lowest BCUT2D eigenvalue weighted by Crippen LogP contribution is -2.28. The molecular formula is C26H21Cl2N. The normalized spacial score (nSPS) is 13.0. The van der Waals surface area contributed by atoms with E-state index in [1.165, 1.54) is 11.1 Å². The fourth-order valence-electron chi connectivity index (χ4n) is 3.54. The highest BCUT2D eigenvalue weighted by Gasteiger charge is 2.21. The molecule has 1 nitrogen and oxygen atoms in total. The average Bonchev–Trinajstić information content (AvgIpc) is 2.77. The molecule has 144 valence electrons. The third kappa shape index (κ3) is 4.89. The molecular weight excluding hydrogens is 397 g/mol. The van der Waals surface area contributed by atoms with Crippen LogP contribution in [0.4, 0.5) is 0 Å². The van der Waals surface area contributed by atoms with Crippen LogP contribution in [0.1, 0.15) is 34.3 Å². The van der Waals surface area contributed by atoms with Gasteiger partial charge in [0.1, 0.15) is 0 Å². The maximum atomic E-state index is 6.14. The second-order valence-corrected chi connectivity index (χ2v) is 7.83. The van der Waals surface area contributed by atoms with Gasteiger partial charge < -0.3 is 0 Å². The van der Waals surface area contributed by atoms with Crippen molar-refractivity contribution in [3.8, 4) is 0 Å². The summed E-state index contributed by atoms with van der Waals surface area (Å²) in [6, 6.07) is 37.0. The molecule has 1 N–H and O–H groups in total. The van der Waals surface area contributed by atoms with Crippen LogP contribution in [-0.2, 0) is 0 Å². The zero-order valence-electron chi connectivity index (χ0n) is 15.8. The van der Waals surface area contributed by atoms with E-state index >= 15 is 0 Å². The smallest absolute Gasteiger partial charge is 0.0583 e. The van der Waals surface area contributed by atoms with Crippen molar-refractivity contribution in [1.29, 1.82) is 0 Å². The summed E-state index contributed by atoms with van der Waals surface area (Å²) < 4.78 is 0. The van der Waals surface area contributed by atoms with Crippen LogP contribution in [-0.4, -0.2) is 0 Å². The lowest BCUT2D eigenvalue weighted by Gasteiger charge is -2.28. The molecule has 0 saturated heterocycles. The molecule has 0 aliphatic carbocycles. The molecule has 3 heteroatoms. The van der Waals surface area contributed by atoms with Gasteiger partial charge in [0, 0.05) is 10.0 Å². The summed E-state index contributed by atoms with van der Waals surface area (Å²) in [5.74, 6) is 0. The van der Waals surface area contributed by atoms with Gasteiger partial charge in [0.15, 0.2) is 0 Å². The minimum Gasteiger partial charge on any atom is -0.295 e. The van der Waals surface area contributed by atoms with Gasteiger partial charge in [-0.1, -0.05) is 108 Å². The second kappa shape index (κ2) is 9.28. The molecule has 0 fully saturated rings. The molecule has 0 aliphatic heterocycles. The largest absolute Gasteiger partial charge is 0.295 e. The first-order chi connectivity index (χ1) is 14.2. The Morgan fingerprint density at radius 3 is 1.07 bits per heavy atom. The summed E-state index contributed by atoms with van der Waals surface area (Å²) in [4.78, 5) is 0. The molecule has 0 aromatic heterocycles. The first kappa shape index (κ1) is 19.7. The molecule has 0 aliphatic rings. The van der Waals surface area contributed by atoms with Gasteiger partial charge in [-0.25, -0.2) is 0 Å². The molecule has 0 saturated carbocycles. The van der Waals surface area contributed by atoms with Crippen LogP contribution in [0.3, 0.4) is 0 Å². The molecule has 0 heterocycles. The summed E-state index contributed by atoms with van der Waals surface area (Å²) in [5, 5.41) is 5.34. The Labute approximate surface area is 181 Å². The van der Waals surface area contributed by atoms with Gasteiger partial charge in [0.2, 0.25) is 0 Å². The molecule has 2 unspecified atom stereocenters. The Hall–Kier alpha value is -2.58. The SMILES string of the molecule is Clc1ccc(C(NC(c2ccccc2)c2ccc(Cl)cc2)c2ccccc2)cc1. The maximum Gasteiger partial charge on any atom is 0.0583 e. The third-order valence-corrected chi connectivity index (χ3v) is 5.51. The summed E-state index contributed by atoms with van der Waals surface area (Å²) in [7, 11) is 0. The molecule has 0 spiro atoms. The molecule has 4 aromatic rings. The lowest BCUT2D eigenvalue weighted by molar-refractivity contribution is 0.540. The lowest BCUT2D eigenvalue weighted by atomic mass is 9.93. The summed E-state index contributed by atoms with van der Waals surface area (Å²) in [5.41, 5.74) is 4.72. The van der Waals surface area contributed by atoms with E-state index in [0.29, 0.717) is 0 Å². The molecule has 29 heavy (non-hydrogen) atoms. The van der Waals surface area contributed by atoms with Crippen LogP contribution in [0.2, 0.25) is 10.0 Å². The van der Waals surface area contributed by atoms with Gasteiger partial charge in [-0.15, -0.1) is 0 Å². The fourth-order valence-corrected chi connectivity index (χ4v) is 3.79. The topological polar surface area (TPSA) is 12.0 Å². The number of hydrogen-bond acceptors (Lipinski definition) is 1. The van der Waals surface area contributed by atoms with Crippen LogP contribution in [0, 0.1) is 0 Å². The van der Waals surface area contributed by atoms with Crippen molar-refractivity contribution in [3.63, 3.8) is 0 Å². The zero-order chi connectivity index (χ0) is 20.1. The van der Waals surface area contributed by atoms with E-state index in [2.05, 4.69) is 78.1 Å². The number of rotatable bonds is 6. The van der Waals surface area contributed by atoms with Crippen LogP contribution in [0.15, 0.2) is 109 Å². The minimum atomic E-state index is 0.00866. The van der Waals surface area contributed by atoms with Gasteiger partial charge in [-0.3, -0.25) is 5.32 Å². The van der Waals surface area contributed by atoms with Gasteiger partial charge >= 0.3 is 0 Å². The van der Waals surface area contributed by atoms with Gasteiger partial charge in [0.05, 0.1) is 12.1 Å². The van der Waals surface area contributed by atoms with E-state index in [9.17, 15) is 0 Å². The summed E-state index contributed by atoms with van der Waals surface area (Å²) in [6.45, 7) is 0. The Balaban J connectivity index is 1.77. The molecule has 4 rings (SSSR count). The van der Waals surface area contributed by atoms with Crippen LogP contribution in [0.25, 0.3) is 0 Å². The van der Waals surface area contributed by atoms with Crippen molar-refractivity contribution >= 4 is 23.2 Å². The maximum absolute atomic E-state index is 6.14. The highest BCUT2D eigenvalue weighted by molar-refractivity contribution is 6.30. The Kier molecular flexibility index (Phi) is 6.31. The van der Waals surface area contributed by atoms with Crippen molar-refractivity contribution in [1.82, 2.24) is 5.32 Å². The average molecular weight is 418 g/mol. The molecule has 0 amide bonds. The van der Waals surface area contributed by atoms with Crippen LogP contribution in [0.5, 0.6) is 0 Å². The standard InChI is InChI=1S/C26H21Cl2N/c27-23-15-11-21(12-16-23)25(19-7-3-1-4-8-19)29-26(20-9-5-2-6-10-20)22-13-17-24(28)18-14-22/h1-18,25-26,29H. The fraction of sp³-hybridized carbons (Fsp3) is 0.0769. The van der Waals surface area contributed by atoms with Crippen molar-refractivity contribution in [3.05, 3.63) is 141 Å². The van der Waals surface area contributed by atoms with Gasteiger partial charge in [-0.2, -0.15) is 0 Å². The van der Waals surface area contributed by atoms with Crippen molar-refractivity contribution in [2.45, 2.75) is 12.1 Å². The highest BCUT2D eigenvalue weighted by Crippen LogP contribution is 2.31. The number of benzene rings is 4. The van der Waals surface area contributed by atoms with Crippen LogP contribution < -0.4 is 5.32 Å². The minimum absolute atomic E-state index is 0.00866. The molecule has 0 bridgehead atoms. The summed E-state index contributed by atoms with van der Waals surface area (Å²) in [6.07, 6.45) is 0. The first-order valence-corrected chi connectivity index (χ1v) is 10.3. The predicted molar refractivity (Wildman–Crippen MR) is 123 cm³/mol. The van der Waals surface area contributed by atoms with Gasteiger partial charge in [-0.05, 0) is 46.5 Å². The van der Waals surface area contributed by atoms with E-state index in [4.69, 9.17) is 23.2 Å². The Morgan fingerprint density at radius 2 is 0.724 bits per heavy atom. The number of halogens is 2. The summed E-state index contributed by atoms with van der Waals surface area (Å²) >= 11 is 12.3. The highest BCUT2D eigenvalue weighted by atomic mass is 35.5. The third-order valence-electron chi connectivity index (χ3n) is 5.01. The van der Waals surface area contributed by atoms with Crippen molar-refractivity contribution < 1.29 is 0 Å². The van der Waals surface area contributed by atoms with Crippen molar-refractivity contribution in [2.24, 2.45) is 0 Å². The van der Waals surface area contributed by atoms with Crippen molar-refractivity contribution in [2.75, 3.05) is 0 Å². The first-order valence-electron chi connectivity index (χ1n) is 9.57. The van der Waals surface area contributed by atoms with E-state index in [0.717, 1.165) is 21.2 Å². The Morgan fingerprint density at radius 1 is 0.414 bits per heavy atom. The number of nitrogens with one attached hydrogen (secondary N) is 1. The van der Waals surface area contributed by atoms with Gasteiger partial charge in [0.25, 0.3) is 0 Å². The quantitative estimate of drug-likeness (QED) is 0.343.